The van der Waals surface area contributed by atoms with Gasteiger partial charge >= 0.3 is 0 Å². The summed E-state index contributed by atoms with van der Waals surface area (Å²) >= 11 is 0. The van der Waals surface area contributed by atoms with Gasteiger partial charge in [0.1, 0.15) is 6.10 Å². The van der Waals surface area contributed by atoms with Crippen LogP contribution >= 0.6 is 0 Å². The first-order valence-electron chi connectivity index (χ1n) is 8.90. The molecule has 6 nitrogen and oxygen atoms in total. The third-order valence-corrected chi connectivity index (χ3v) is 5.14. The number of oxime groups is 1. The first-order valence-corrected chi connectivity index (χ1v) is 8.90. The Labute approximate surface area is 148 Å². The van der Waals surface area contributed by atoms with E-state index in [2.05, 4.69) is 29.5 Å². The summed E-state index contributed by atoms with van der Waals surface area (Å²) in [4.78, 5) is 18.4. The largest absolute Gasteiger partial charge is 0.395 e. The van der Waals surface area contributed by atoms with Crippen LogP contribution < -0.4 is 5.32 Å². The Bertz CT molecular complexity index is 638. The van der Waals surface area contributed by atoms with Gasteiger partial charge in [0.25, 0.3) is 0 Å². The number of carbonyl (C=O) groups excluding carboxylic acids is 1. The summed E-state index contributed by atoms with van der Waals surface area (Å²) in [5.41, 5.74) is 2.72. The molecular weight excluding hydrogens is 320 g/mol. The van der Waals surface area contributed by atoms with Crippen LogP contribution in [-0.2, 0) is 14.4 Å². The Kier molecular flexibility index (Phi) is 5.71. The molecule has 2 aliphatic heterocycles. The number of amides is 1. The average molecular weight is 346 g/mol. The quantitative estimate of drug-likeness (QED) is 0.823. The number of hydrogen-bond donors (Lipinski definition) is 2. The molecule has 0 saturated carbocycles. The van der Waals surface area contributed by atoms with Crippen molar-refractivity contribution in [2.75, 3.05) is 26.4 Å². The van der Waals surface area contributed by atoms with Gasteiger partial charge in [-0.3, -0.25) is 4.79 Å². The fraction of sp³-hybridized carbons (Fsp3) is 0.579. The van der Waals surface area contributed by atoms with Gasteiger partial charge in [-0.2, -0.15) is 0 Å². The molecule has 0 radical (unpaired) electrons. The zero-order chi connectivity index (χ0) is 17.7. The molecule has 1 aromatic rings. The lowest BCUT2D eigenvalue weighted by molar-refractivity contribution is -0.140. The summed E-state index contributed by atoms with van der Waals surface area (Å²) in [7, 11) is 0. The van der Waals surface area contributed by atoms with E-state index >= 15 is 0 Å². The van der Waals surface area contributed by atoms with E-state index in [1.54, 1.807) is 0 Å². The second-order valence-corrected chi connectivity index (χ2v) is 6.86. The molecular formula is C19H26N2O4. The normalized spacial score (nSPS) is 22.2. The van der Waals surface area contributed by atoms with Crippen LogP contribution in [0.4, 0.5) is 0 Å². The van der Waals surface area contributed by atoms with Gasteiger partial charge in [0, 0.05) is 38.2 Å². The molecule has 2 aliphatic rings. The molecule has 1 fully saturated rings. The lowest BCUT2D eigenvalue weighted by Gasteiger charge is -2.36. The molecule has 0 aromatic heterocycles. The summed E-state index contributed by atoms with van der Waals surface area (Å²) in [6.45, 7) is 3.43. The van der Waals surface area contributed by atoms with Gasteiger partial charge in [0.05, 0.1) is 17.7 Å². The molecule has 1 atom stereocenters. The topological polar surface area (TPSA) is 80.2 Å². The van der Waals surface area contributed by atoms with Crippen molar-refractivity contribution in [2.45, 2.75) is 38.7 Å². The van der Waals surface area contributed by atoms with E-state index in [4.69, 9.17) is 14.7 Å². The molecule has 6 heteroatoms. The van der Waals surface area contributed by atoms with Crippen LogP contribution in [0.25, 0.3) is 0 Å². The molecule has 2 heterocycles. The number of aliphatic hydroxyl groups is 1. The van der Waals surface area contributed by atoms with Gasteiger partial charge in [0.2, 0.25) is 5.91 Å². The van der Waals surface area contributed by atoms with Crippen molar-refractivity contribution >= 4 is 11.6 Å². The Morgan fingerprint density at radius 3 is 2.84 bits per heavy atom. The van der Waals surface area contributed by atoms with Crippen LogP contribution in [-0.4, -0.2) is 49.2 Å². The van der Waals surface area contributed by atoms with Gasteiger partial charge in [-0.1, -0.05) is 29.4 Å². The predicted octanol–water partition coefficient (Wildman–Crippen LogP) is 1.78. The van der Waals surface area contributed by atoms with Crippen LogP contribution in [0.5, 0.6) is 0 Å². The zero-order valence-corrected chi connectivity index (χ0v) is 14.7. The Morgan fingerprint density at radius 1 is 1.36 bits per heavy atom. The monoisotopic (exact) mass is 346 g/mol. The van der Waals surface area contributed by atoms with Crippen LogP contribution in [0.2, 0.25) is 0 Å². The lowest BCUT2D eigenvalue weighted by atomic mass is 9.74. The third kappa shape index (κ3) is 4.02. The maximum Gasteiger partial charge on any atom is 0.226 e. The number of nitrogens with one attached hydrogen (secondary N) is 1. The molecule has 0 aliphatic carbocycles. The van der Waals surface area contributed by atoms with Crippen molar-refractivity contribution in [2.24, 2.45) is 10.6 Å². The van der Waals surface area contributed by atoms with E-state index in [9.17, 15) is 4.79 Å². The van der Waals surface area contributed by atoms with Crippen LogP contribution in [0.15, 0.2) is 29.4 Å². The van der Waals surface area contributed by atoms with Gasteiger partial charge in [-0.15, -0.1) is 0 Å². The fourth-order valence-corrected chi connectivity index (χ4v) is 3.67. The van der Waals surface area contributed by atoms with Crippen molar-refractivity contribution in [1.82, 2.24) is 5.32 Å². The van der Waals surface area contributed by atoms with Gasteiger partial charge in [-0.25, -0.2) is 0 Å². The Hall–Kier alpha value is -1.92. The van der Waals surface area contributed by atoms with E-state index in [0.29, 0.717) is 38.9 Å². The SMILES string of the molecule is Cc1ccccc1C1=NOC(CC2(C(=O)NCCO)CCOCC2)C1. The molecule has 1 saturated heterocycles. The standard InChI is InChI=1S/C19H26N2O4/c1-14-4-2-3-5-16(14)17-12-15(25-21-17)13-19(6-10-24-11-7-19)18(23)20-8-9-22/h2-5,15,22H,6-13H2,1H3,(H,20,23). The number of aryl methyl sites for hydroxylation is 1. The fourth-order valence-electron chi connectivity index (χ4n) is 3.67. The van der Waals surface area contributed by atoms with Crippen molar-refractivity contribution < 1.29 is 19.5 Å². The smallest absolute Gasteiger partial charge is 0.226 e. The maximum atomic E-state index is 12.7. The van der Waals surface area contributed by atoms with Crippen molar-refractivity contribution in [3.8, 4) is 0 Å². The van der Waals surface area contributed by atoms with E-state index in [1.807, 2.05) is 12.1 Å². The van der Waals surface area contributed by atoms with E-state index in [1.165, 1.54) is 5.56 Å². The van der Waals surface area contributed by atoms with E-state index < -0.39 is 5.41 Å². The van der Waals surface area contributed by atoms with Crippen molar-refractivity contribution in [3.63, 3.8) is 0 Å². The van der Waals surface area contributed by atoms with Crippen LogP contribution in [0, 0.1) is 12.3 Å². The van der Waals surface area contributed by atoms with Gasteiger partial charge in [0.15, 0.2) is 0 Å². The lowest BCUT2D eigenvalue weighted by Crippen LogP contribution is -2.47. The van der Waals surface area contributed by atoms with E-state index in [0.717, 1.165) is 11.3 Å². The summed E-state index contributed by atoms with van der Waals surface area (Å²) in [5.74, 6) is -0.0159. The number of aliphatic hydroxyl groups excluding tert-OH is 1. The first-order chi connectivity index (χ1) is 12.1. The molecule has 2 N–H and O–H groups in total. The number of carbonyl (C=O) groups is 1. The molecule has 0 spiro atoms. The summed E-state index contributed by atoms with van der Waals surface area (Å²) in [5, 5.41) is 16.1. The predicted molar refractivity (Wildman–Crippen MR) is 94.4 cm³/mol. The molecule has 25 heavy (non-hydrogen) atoms. The number of rotatable bonds is 6. The van der Waals surface area contributed by atoms with Gasteiger partial charge in [-0.05, 0) is 25.3 Å². The highest BCUT2D eigenvalue weighted by atomic mass is 16.6. The minimum absolute atomic E-state index is 0.0159. The Balaban J connectivity index is 1.67. The van der Waals surface area contributed by atoms with E-state index in [-0.39, 0.29) is 25.2 Å². The molecule has 1 amide bonds. The highest BCUT2D eigenvalue weighted by molar-refractivity contribution is 6.02. The molecule has 0 bridgehead atoms. The number of ether oxygens (including phenoxy) is 1. The summed E-state index contributed by atoms with van der Waals surface area (Å²) < 4.78 is 5.45. The minimum Gasteiger partial charge on any atom is -0.395 e. The summed E-state index contributed by atoms with van der Waals surface area (Å²) in [6.07, 6.45) is 2.56. The van der Waals surface area contributed by atoms with Gasteiger partial charge < -0.3 is 20.0 Å². The molecule has 3 rings (SSSR count). The number of benzene rings is 1. The van der Waals surface area contributed by atoms with Crippen LogP contribution in [0.3, 0.4) is 0 Å². The maximum absolute atomic E-state index is 12.7. The number of nitrogens with zero attached hydrogens (tertiary/aromatic N) is 1. The number of hydrogen-bond acceptors (Lipinski definition) is 5. The Morgan fingerprint density at radius 2 is 2.12 bits per heavy atom. The summed E-state index contributed by atoms with van der Waals surface area (Å²) in [6, 6.07) is 8.13. The average Bonchev–Trinajstić information content (AvgIpc) is 3.08. The highest BCUT2D eigenvalue weighted by Gasteiger charge is 2.43. The molecule has 1 aromatic carbocycles. The van der Waals surface area contributed by atoms with Crippen LogP contribution in [0.1, 0.15) is 36.8 Å². The molecule has 1 unspecified atom stereocenters. The second kappa shape index (κ2) is 7.97. The van der Waals surface area contributed by atoms with Crippen molar-refractivity contribution in [3.05, 3.63) is 35.4 Å². The minimum atomic E-state index is -0.505. The first kappa shape index (κ1) is 17.9. The zero-order valence-electron chi connectivity index (χ0n) is 14.7. The highest BCUT2D eigenvalue weighted by Crippen LogP contribution is 2.38. The second-order valence-electron chi connectivity index (χ2n) is 6.86. The third-order valence-electron chi connectivity index (χ3n) is 5.14. The molecule has 136 valence electrons. The van der Waals surface area contributed by atoms with Crippen molar-refractivity contribution in [1.29, 1.82) is 0 Å².